The number of piperidine rings is 1. The van der Waals surface area contributed by atoms with Crippen molar-refractivity contribution in [3.63, 3.8) is 0 Å². The van der Waals surface area contributed by atoms with Crippen molar-refractivity contribution in [1.29, 1.82) is 0 Å². The molecule has 0 spiro atoms. The third-order valence-electron chi connectivity index (χ3n) is 6.77. The first-order chi connectivity index (χ1) is 14.0. The number of nitrogens with one attached hydrogen (secondary N) is 2. The molecule has 1 unspecified atom stereocenters. The Labute approximate surface area is 171 Å². The van der Waals surface area contributed by atoms with Crippen molar-refractivity contribution in [2.75, 3.05) is 14.1 Å². The molecule has 2 fully saturated rings. The average molecular weight is 399 g/mol. The maximum Gasteiger partial charge on any atom is 0.255 e. The Morgan fingerprint density at radius 1 is 1.17 bits per heavy atom. The third-order valence-corrected chi connectivity index (χ3v) is 6.77. The highest BCUT2D eigenvalue weighted by Crippen LogP contribution is 2.31. The molecule has 1 aliphatic carbocycles. The van der Waals surface area contributed by atoms with Crippen LogP contribution < -0.4 is 10.6 Å². The van der Waals surface area contributed by atoms with Crippen LogP contribution >= 0.6 is 0 Å². The summed E-state index contributed by atoms with van der Waals surface area (Å²) in [6, 6.07) is 6.28. The van der Waals surface area contributed by atoms with E-state index in [1.807, 2.05) is 19.2 Å². The molecule has 2 aliphatic heterocycles. The molecule has 0 aromatic heterocycles. The van der Waals surface area contributed by atoms with E-state index < -0.39 is 6.04 Å². The maximum absolute atomic E-state index is 13.0. The first-order valence-corrected chi connectivity index (χ1v) is 10.6. The number of nitrogens with zero attached hydrogens (tertiary/aromatic N) is 2. The molecule has 0 radical (unpaired) electrons. The second-order valence-electron chi connectivity index (χ2n) is 8.51. The van der Waals surface area contributed by atoms with Gasteiger partial charge in [0.15, 0.2) is 0 Å². The molecule has 2 heterocycles. The van der Waals surface area contributed by atoms with E-state index in [-0.39, 0.29) is 24.1 Å². The van der Waals surface area contributed by atoms with Crippen LogP contribution in [0.15, 0.2) is 18.2 Å². The number of hydrogen-bond donors (Lipinski definition) is 2. The average Bonchev–Trinajstić information content (AvgIpc) is 3.05. The molecule has 1 aromatic carbocycles. The van der Waals surface area contributed by atoms with Gasteiger partial charge in [0.2, 0.25) is 11.8 Å². The minimum absolute atomic E-state index is 0.107. The number of benzene rings is 1. The first-order valence-electron chi connectivity index (χ1n) is 10.6. The van der Waals surface area contributed by atoms with E-state index in [9.17, 15) is 14.4 Å². The van der Waals surface area contributed by atoms with Gasteiger partial charge in [-0.2, -0.15) is 0 Å². The topological polar surface area (TPSA) is 81.8 Å². The Morgan fingerprint density at radius 3 is 2.72 bits per heavy atom. The van der Waals surface area contributed by atoms with Crippen molar-refractivity contribution in [3.05, 3.63) is 34.9 Å². The van der Waals surface area contributed by atoms with Gasteiger partial charge in [0.05, 0.1) is 0 Å². The Hall–Kier alpha value is -2.25. The van der Waals surface area contributed by atoms with Crippen LogP contribution in [0.4, 0.5) is 0 Å². The summed E-state index contributed by atoms with van der Waals surface area (Å²) in [6.07, 6.45) is 5.57. The Kier molecular flexibility index (Phi) is 5.69. The van der Waals surface area contributed by atoms with Crippen LogP contribution in [0.1, 0.15) is 60.0 Å². The van der Waals surface area contributed by atoms with E-state index in [0.717, 1.165) is 17.7 Å². The second kappa shape index (κ2) is 8.24. The van der Waals surface area contributed by atoms with Gasteiger partial charge in [-0.1, -0.05) is 25.0 Å². The van der Waals surface area contributed by atoms with Crippen LogP contribution in [0.25, 0.3) is 0 Å². The Morgan fingerprint density at radius 2 is 1.97 bits per heavy atom. The number of carbonyl (C=O) groups is 3. The smallest absolute Gasteiger partial charge is 0.255 e. The zero-order chi connectivity index (χ0) is 20.5. The molecule has 156 valence electrons. The van der Waals surface area contributed by atoms with Crippen molar-refractivity contribution < 1.29 is 14.4 Å². The number of likely N-dealkylation sites (N-methyl/N-ethyl adjacent to an activating group) is 2. The van der Waals surface area contributed by atoms with Crippen LogP contribution in [0.2, 0.25) is 0 Å². The lowest BCUT2D eigenvalue weighted by Gasteiger charge is -2.38. The third kappa shape index (κ3) is 3.81. The lowest BCUT2D eigenvalue weighted by Crippen LogP contribution is -2.52. The van der Waals surface area contributed by atoms with Gasteiger partial charge < -0.3 is 10.2 Å². The SMILES string of the molecule is CN[C@@H]1CCCC[C@H]1N(C)Cc1cccc2c1CN(C1CCC(=O)NC1=O)C2=O. The van der Waals surface area contributed by atoms with E-state index in [0.29, 0.717) is 30.6 Å². The summed E-state index contributed by atoms with van der Waals surface area (Å²) in [6.45, 7) is 1.22. The van der Waals surface area contributed by atoms with Gasteiger partial charge in [-0.25, -0.2) is 0 Å². The van der Waals surface area contributed by atoms with Gasteiger partial charge in [-0.15, -0.1) is 0 Å². The number of hydrogen-bond acceptors (Lipinski definition) is 5. The minimum atomic E-state index is -0.565. The highest BCUT2D eigenvalue weighted by Gasteiger charge is 2.40. The van der Waals surface area contributed by atoms with Crippen LogP contribution in [0.3, 0.4) is 0 Å². The number of carbonyl (C=O) groups excluding carboxylic acids is 3. The Bertz CT molecular complexity index is 824. The Balaban J connectivity index is 1.52. The normalized spacial score (nSPS) is 27.3. The summed E-state index contributed by atoms with van der Waals surface area (Å²) in [5.41, 5.74) is 2.86. The summed E-state index contributed by atoms with van der Waals surface area (Å²) in [4.78, 5) is 40.8. The summed E-state index contributed by atoms with van der Waals surface area (Å²) < 4.78 is 0. The van der Waals surface area contributed by atoms with Gasteiger partial charge in [-0.3, -0.25) is 24.6 Å². The molecular formula is C22H30N4O3. The fraction of sp³-hybridized carbons (Fsp3) is 0.591. The fourth-order valence-electron chi connectivity index (χ4n) is 5.16. The van der Waals surface area contributed by atoms with E-state index in [2.05, 4.69) is 28.6 Å². The van der Waals surface area contributed by atoms with Gasteiger partial charge in [-0.05, 0) is 50.6 Å². The molecule has 1 saturated carbocycles. The molecule has 3 amide bonds. The van der Waals surface area contributed by atoms with Crippen LogP contribution in [0, 0.1) is 0 Å². The van der Waals surface area contributed by atoms with Gasteiger partial charge >= 0.3 is 0 Å². The largest absolute Gasteiger partial charge is 0.322 e. The van der Waals surface area contributed by atoms with Crippen molar-refractivity contribution in [2.24, 2.45) is 0 Å². The zero-order valence-corrected chi connectivity index (χ0v) is 17.2. The quantitative estimate of drug-likeness (QED) is 0.733. The van der Waals surface area contributed by atoms with Gasteiger partial charge in [0.25, 0.3) is 5.91 Å². The summed E-state index contributed by atoms with van der Waals surface area (Å²) >= 11 is 0. The van der Waals surface area contributed by atoms with Crippen molar-refractivity contribution >= 4 is 17.7 Å². The molecule has 2 N–H and O–H groups in total. The standard InChI is InChI=1S/C22H30N4O3/c1-23-17-8-3-4-9-18(17)25(2)12-14-6-5-7-15-16(14)13-26(22(15)29)19-10-11-20(27)24-21(19)28/h5-7,17-19,23H,3-4,8-13H2,1-2H3,(H,24,27,28)/t17-,18-,19?/m1/s1. The molecule has 3 aliphatic rings. The van der Waals surface area contributed by atoms with Crippen molar-refractivity contribution in [2.45, 2.75) is 69.7 Å². The van der Waals surface area contributed by atoms with E-state index in [1.165, 1.54) is 25.7 Å². The predicted molar refractivity (Wildman–Crippen MR) is 109 cm³/mol. The zero-order valence-electron chi connectivity index (χ0n) is 17.2. The highest BCUT2D eigenvalue weighted by molar-refractivity contribution is 6.05. The molecular weight excluding hydrogens is 368 g/mol. The minimum Gasteiger partial charge on any atom is -0.322 e. The summed E-state index contributed by atoms with van der Waals surface area (Å²) in [5, 5.41) is 5.83. The predicted octanol–water partition coefficient (Wildman–Crippen LogP) is 1.41. The molecule has 1 saturated heterocycles. The summed E-state index contributed by atoms with van der Waals surface area (Å²) in [7, 11) is 4.20. The molecule has 0 bridgehead atoms. The molecule has 7 nitrogen and oxygen atoms in total. The van der Waals surface area contributed by atoms with E-state index in [1.54, 1.807) is 4.90 Å². The van der Waals surface area contributed by atoms with E-state index >= 15 is 0 Å². The molecule has 1 aromatic rings. The molecule has 4 rings (SSSR count). The number of fused-ring (bicyclic) bond motifs is 1. The van der Waals surface area contributed by atoms with E-state index in [4.69, 9.17) is 0 Å². The second-order valence-corrected chi connectivity index (χ2v) is 8.51. The van der Waals surface area contributed by atoms with Gasteiger partial charge in [0.1, 0.15) is 6.04 Å². The summed E-state index contributed by atoms with van der Waals surface area (Å²) in [5.74, 6) is -0.728. The number of amides is 3. The molecule has 3 atom stereocenters. The maximum atomic E-state index is 13.0. The van der Waals surface area contributed by atoms with Crippen LogP contribution in [-0.2, 0) is 22.7 Å². The fourth-order valence-corrected chi connectivity index (χ4v) is 5.16. The first kappa shape index (κ1) is 20.0. The van der Waals surface area contributed by atoms with Crippen molar-refractivity contribution in [1.82, 2.24) is 20.4 Å². The number of imide groups is 1. The molecule has 7 heteroatoms. The lowest BCUT2D eigenvalue weighted by atomic mass is 9.89. The monoisotopic (exact) mass is 398 g/mol. The van der Waals surface area contributed by atoms with Gasteiger partial charge in [0, 0.05) is 37.2 Å². The number of rotatable bonds is 5. The lowest BCUT2D eigenvalue weighted by molar-refractivity contribution is -0.136. The highest BCUT2D eigenvalue weighted by atomic mass is 16.2. The molecule has 29 heavy (non-hydrogen) atoms. The van der Waals surface area contributed by atoms with Crippen LogP contribution in [-0.4, -0.2) is 59.7 Å². The van der Waals surface area contributed by atoms with Crippen molar-refractivity contribution in [3.8, 4) is 0 Å². The van der Waals surface area contributed by atoms with Crippen LogP contribution in [0.5, 0.6) is 0 Å².